The van der Waals surface area contributed by atoms with Crippen molar-refractivity contribution in [3.63, 3.8) is 0 Å². The van der Waals surface area contributed by atoms with E-state index in [1.165, 1.54) is 16.9 Å². The highest BCUT2D eigenvalue weighted by Gasteiger charge is 2.29. The van der Waals surface area contributed by atoms with Gasteiger partial charge in [-0.25, -0.2) is 9.78 Å². The summed E-state index contributed by atoms with van der Waals surface area (Å²) in [7, 11) is 0. The Balaban J connectivity index is 1.31. The van der Waals surface area contributed by atoms with Gasteiger partial charge in [0.1, 0.15) is 23.1 Å². The fraction of sp³-hybridized carbons (Fsp3) is 0.414. The number of amides is 3. The summed E-state index contributed by atoms with van der Waals surface area (Å²) in [5.74, 6) is 1.03. The summed E-state index contributed by atoms with van der Waals surface area (Å²) < 4.78 is 5.86. The molecule has 7 nitrogen and oxygen atoms in total. The van der Waals surface area contributed by atoms with E-state index in [0.717, 1.165) is 53.3 Å². The third kappa shape index (κ3) is 7.10. The predicted octanol–water partition coefficient (Wildman–Crippen LogP) is 6.33. The number of anilines is 1. The molecule has 0 bridgehead atoms. The number of rotatable bonds is 8. The minimum atomic E-state index is -0.255. The van der Waals surface area contributed by atoms with Crippen LogP contribution in [-0.2, 0) is 6.61 Å². The zero-order chi connectivity index (χ0) is 26.4. The second-order valence-electron chi connectivity index (χ2n) is 9.96. The molecule has 37 heavy (non-hydrogen) atoms. The molecule has 1 heterocycles. The van der Waals surface area contributed by atoms with Crippen molar-refractivity contribution in [3.05, 3.63) is 75.2 Å². The van der Waals surface area contributed by atoms with Crippen molar-refractivity contribution in [1.29, 1.82) is 0 Å². The topological polar surface area (TPSA) is 92.4 Å². The maximum absolute atomic E-state index is 13.0. The molecule has 2 aromatic carbocycles. The van der Waals surface area contributed by atoms with E-state index in [0.29, 0.717) is 18.2 Å². The third-order valence-corrected chi connectivity index (χ3v) is 7.77. The van der Waals surface area contributed by atoms with Crippen LogP contribution in [-0.4, -0.2) is 29.0 Å². The highest BCUT2D eigenvalue weighted by Crippen LogP contribution is 2.23. The van der Waals surface area contributed by atoms with E-state index in [1.807, 2.05) is 44.2 Å². The van der Waals surface area contributed by atoms with Gasteiger partial charge in [-0.3, -0.25) is 4.79 Å². The van der Waals surface area contributed by atoms with Crippen molar-refractivity contribution in [3.8, 4) is 5.75 Å². The standard InChI is InChI=1S/C29H36N4O3S/c1-18(2)21-12-14-22(15-13-21)36-16-27-30-26(17-37-27)28(34)31-24-9-5-6-10-25(24)33-29(35)32-23-11-7-8-19(3)20(23)4/h7-8,11-15,17-18,24-25H,5-6,9-10,16H2,1-4H3,(H,31,34)(H2,32,33,35)/t24-,25+/m1/s1. The highest BCUT2D eigenvalue weighted by atomic mass is 32.1. The van der Waals surface area contributed by atoms with Crippen LogP contribution in [0.15, 0.2) is 47.8 Å². The Morgan fingerprint density at radius 2 is 1.73 bits per heavy atom. The zero-order valence-electron chi connectivity index (χ0n) is 22.0. The lowest BCUT2D eigenvalue weighted by Gasteiger charge is -2.32. The number of benzene rings is 2. The number of nitrogens with zero attached hydrogens (tertiary/aromatic N) is 1. The molecule has 3 amide bonds. The number of hydrogen-bond donors (Lipinski definition) is 3. The monoisotopic (exact) mass is 520 g/mol. The van der Waals surface area contributed by atoms with Gasteiger partial charge >= 0.3 is 6.03 Å². The molecular formula is C29H36N4O3S. The molecule has 1 aliphatic rings. The van der Waals surface area contributed by atoms with Gasteiger partial charge in [0, 0.05) is 17.1 Å². The largest absolute Gasteiger partial charge is 0.486 e. The van der Waals surface area contributed by atoms with E-state index in [-0.39, 0.29) is 24.0 Å². The third-order valence-electron chi connectivity index (χ3n) is 6.95. The van der Waals surface area contributed by atoms with Crippen LogP contribution in [0.5, 0.6) is 5.75 Å². The Labute approximate surface area is 223 Å². The summed E-state index contributed by atoms with van der Waals surface area (Å²) in [5, 5.41) is 11.6. The summed E-state index contributed by atoms with van der Waals surface area (Å²) in [6.45, 7) is 8.63. The number of urea groups is 1. The molecule has 0 unspecified atom stereocenters. The van der Waals surface area contributed by atoms with Crippen LogP contribution in [0.25, 0.3) is 0 Å². The molecule has 0 spiro atoms. The summed E-state index contributed by atoms with van der Waals surface area (Å²) in [6, 6.07) is 13.4. The highest BCUT2D eigenvalue weighted by molar-refractivity contribution is 7.09. The summed E-state index contributed by atoms with van der Waals surface area (Å²) in [4.78, 5) is 30.2. The number of ether oxygens (including phenoxy) is 1. The Kier molecular flexibility index (Phi) is 8.82. The van der Waals surface area contributed by atoms with Crippen molar-refractivity contribution in [1.82, 2.24) is 15.6 Å². The van der Waals surface area contributed by atoms with Gasteiger partial charge in [0.2, 0.25) is 0 Å². The Morgan fingerprint density at radius 1 is 1.03 bits per heavy atom. The van der Waals surface area contributed by atoms with Crippen molar-refractivity contribution in [2.75, 3.05) is 5.32 Å². The molecule has 0 saturated heterocycles. The van der Waals surface area contributed by atoms with Gasteiger partial charge in [-0.1, -0.05) is 51.0 Å². The van der Waals surface area contributed by atoms with Crippen molar-refractivity contribution in [2.24, 2.45) is 0 Å². The molecule has 3 aromatic rings. The molecule has 2 atom stereocenters. The second-order valence-corrected chi connectivity index (χ2v) is 10.9. The first-order chi connectivity index (χ1) is 17.8. The summed E-state index contributed by atoms with van der Waals surface area (Å²) in [6.07, 6.45) is 3.65. The maximum atomic E-state index is 13.0. The van der Waals surface area contributed by atoms with E-state index in [9.17, 15) is 9.59 Å². The first-order valence-electron chi connectivity index (χ1n) is 12.9. The molecule has 8 heteroatoms. The molecule has 196 valence electrons. The Bertz CT molecular complexity index is 1220. The van der Waals surface area contributed by atoms with Gasteiger partial charge in [-0.15, -0.1) is 11.3 Å². The number of nitrogens with one attached hydrogen (secondary N) is 3. The van der Waals surface area contributed by atoms with Gasteiger partial charge in [-0.2, -0.15) is 0 Å². The number of thiazole rings is 1. The van der Waals surface area contributed by atoms with Crippen LogP contribution >= 0.6 is 11.3 Å². The fourth-order valence-electron chi connectivity index (χ4n) is 4.51. The second kappa shape index (κ2) is 12.2. The van der Waals surface area contributed by atoms with Gasteiger partial charge in [0.05, 0.1) is 6.04 Å². The molecule has 1 aromatic heterocycles. The number of hydrogen-bond acceptors (Lipinski definition) is 5. The van der Waals surface area contributed by atoms with Gasteiger partial charge < -0.3 is 20.7 Å². The molecule has 1 aliphatic carbocycles. The summed E-state index contributed by atoms with van der Waals surface area (Å²) in [5.41, 5.74) is 4.60. The van der Waals surface area contributed by atoms with Gasteiger partial charge in [0.25, 0.3) is 5.91 Å². The first-order valence-corrected chi connectivity index (χ1v) is 13.8. The van der Waals surface area contributed by atoms with E-state index in [4.69, 9.17) is 4.74 Å². The quantitative estimate of drug-likeness (QED) is 0.324. The number of aryl methyl sites for hydroxylation is 1. The predicted molar refractivity (Wildman–Crippen MR) is 149 cm³/mol. The minimum Gasteiger partial charge on any atom is -0.486 e. The van der Waals surface area contributed by atoms with Crippen LogP contribution in [0, 0.1) is 13.8 Å². The summed E-state index contributed by atoms with van der Waals surface area (Å²) >= 11 is 1.41. The van der Waals surface area contributed by atoms with Crippen molar-refractivity contribution >= 4 is 29.0 Å². The molecule has 0 aliphatic heterocycles. The lowest BCUT2D eigenvalue weighted by Crippen LogP contribution is -2.54. The van der Waals surface area contributed by atoms with Crippen molar-refractivity contribution in [2.45, 2.75) is 78.0 Å². The lowest BCUT2D eigenvalue weighted by atomic mass is 9.90. The van der Waals surface area contributed by atoms with Crippen LogP contribution in [0.4, 0.5) is 10.5 Å². The zero-order valence-corrected chi connectivity index (χ0v) is 22.8. The van der Waals surface area contributed by atoms with Crippen LogP contribution in [0.1, 0.15) is 77.6 Å². The minimum absolute atomic E-state index is 0.141. The Morgan fingerprint density at radius 3 is 2.43 bits per heavy atom. The Hall–Kier alpha value is -3.39. The smallest absolute Gasteiger partial charge is 0.319 e. The van der Waals surface area contributed by atoms with E-state index >= 15 is 0 Å². The normalized spacial score (nSPS) is 17.3. The average Bonchev–Trinajstić information content (AvgIpc) is 3.36. The molecule has 1 saturated carbocycles. The molecular weight excluding hydrogens is 484 g/mol. The van der Waals surface area contributed by atoms with E-state index in [1.54, 1.807) is 5.38 Å². The lowest BCUT2D eigenvalue weighted by molar-refractivity contribution is 0.0911. The molecule has 0 radical (unpaired) electrons. The van der Waals surface area contributed by atoms with Crippen LogP contribution in [0.3, 0.4) is 0 Å². The molecule has 4 rings (SSSR count). The SMILES string of the molecule is Cc1cccc(NC(=O)N[C@H]2CCCC[C@H]2NC(=O)c2csc(COc3ccc(C(C)C)cc3)n2)c1C. The van der Waals surface area contributed by atoms with Gasteiger partial charge in [-0.05, 0) is 67.5 Å². The average molecular weight is 521 g/mol. The van der Waals surface area contributed by atoms with Crippen molar-refractivity contribution < 1.29 is 14.3 Å². The number of aromatic nitrogens is 1. The molecule has 1 fully saturated rings. The van der Waals surface area contributed by atoms with Crippen LogP contribution < -0.4 is 20.7 Å². The fourth-order valence-corrected chi connectivity index (χ4v) is 5.19. The first kappa shape index (κ1) is 26.7. The molecule has 3 N–H and O–H groups in total. The maximum Gasteiger partial charge on any atom is 0.319 e. The van der Waals surface area contributed by atoms with Crippen LogP contribution in [0.2, 0.25) is 0 Å². The van der Waals surface area contributed by atoms with E-state index in [2.05, 4.69) is 46.9 Å². The van der Waals surface area contributed by atoms with E-state index < -0.39 is 0 Å². The van der Waals surface area contributed by atoms with Gasteiger partial charge in [0.15, 0.2) is 0 Å². The number of carbonyl (C=O) groups excluding carboxylic acids is 2. The number of carbonyl (C=O) groups is 2.